The zero-order chi connectivity index (χ0) is 14.9. The molecule has 20 heavy (non-hydrogen) atoms. The average molecular weight is 315 g/mol. The molecule has 0 atom stereocenters. The summed E-state index contributed by atoms with van der Waals surface area (Å²) < 4.78 is 11.7. The third-order valence-corrected chi connectivity index (χ3v) is 3.84. The van der Waals surface area contributed by atoms with Crippen molar-refractivity contribution < 1.29 is 19.4 Å². The molecule has 0 unspecified atom stereocenters. The molecular formula is C14H14Cl2NO3+. The molecule has 0 saturated heterocycles. The fourth-order valence-electron chi connectivity index (χ4n) is 1.71. The van der Waals surface area contributed by atoms with E-state index in [0.29, 0.717) is 22.9 Å². The van der Waals surface area contributed by atoms with Gasteiger partial charge in [0.25, 0.3) is 11.4 Å². The minimum Gasteiger partial charge on any atom is -0.497 e. The molecule has 1 N–H and O–H groups in total. The van der Waals surface area contributed by atoms with Crippen LogP contribution in [0.4, 0.5) is 0 Å². The topological polar surface area (TPSA) is 42.6 Å². The number of pyridine rings is 1. The minimum atomic E-state index is 0.263. The van der Waals surface area contributed by atoms with Crippen molar-refractivity contribution in [2.24, 2.45) is 0 Å². The minimum absolute atomic E-state index is 0.263. The highest BCUT2D eigenvalue weighted by atomic mass is 35.5. The lowest BCUT2D eigenvalue weighted by Crippen LogP contribution is -2.37. The number of hydrogen-bond acceptors (Lipinski definition) is 3. The van der Waals surface area contributed by atoms with E-state index in [9.17, 15) is 5.21 Å². The Morgan fingerprint density at radius 1 is 0.950 bits per heavy atom. The Morgan fingerprint density at radius 2 is 1.40 bits per heavy atom. The molecule has 4 nitrogen and oxygen atoms in total. The van der Waals surface area contributed by atoms with Gasteiger partial charge in [-0.1, -0.05) is 23.2 Å². The number of ether oxygens (including phenoxy) is 2. The third-order valence-electron chi connectivity index (χ3n) is 2.95. The second kappa shape index (κ2) is 5.77. The van der Waals surface area contributed by atoms with Gasteiger partial charge in [0.15, 0.2) is 15.8 Å². The molecule has 1 aromatic heterocycles. The molecule has 1 aromatic carbocycles. The first-order valence-electron chi connectivity index (χ1n) is 5.87. The van der Waals surface area contributed by atoms with E-state index in [-0.39, 0.29) is 10.0 Å². The van der Waals surface area contributed by atoms with Crippen LogP contribution in [0.2, 0.25) is 10.0 Å². The van der Waals surface area contributed by atoms with Gasteiger partial charge in [0.2, 0.25) is 0 Å². The molecule has 0 saturated carbocycles. The molecule has 1 heterocycles. The molecule has 0 spiro atoms. The summed E-state index contributed by atoms with van der Waals surface area (Å²) in [5, 5.41) is 10.3. The average Bonchev–Trinajstić information content (AvgIpc) is 2.48. The zero-order valence-electron chi connectivity index (χ0n) is 11.3. The molecule has 0 bridgehead atoms. The van der Waals surface area contributed by atoms with Crippen LogP contribution in [-0.2, 0) is 0 Å². The lowest BCUT2D eigenvalue weighted by atomic mass is 10.3. The number of rotatable bonds is 3. The molecule has 0 radical (unpaired) electrons. The predicted molar refractivity (Wildman–Crippen MR) is 76.4 cm³/mol. The Bertz CT molecular complexity index is 613. The summed E-state index contributed by atoms with van der Waals surface area (Å²) in [5.41, 5.74) is 0.911. The van der Waals surface area contributed by atoms with Crippen molar-refractivity contribution in [2.45, 2.75) is 13.8 Å². The van der Waals surface area contributed by atoms with Crippen LogP contribution in [0.15, 0.2) is 24.3 Å². The van der Waals surface area contributed by atoms with E-state index in [1.165, 1.54) is 0 Å². The van der Waals surface area contributed by atoms with Crippen molar-refractivity contribution >= 4 is 23.2 Å². The van der Waals surface area contributed by atoms with Gasteiger partial charge in [0, 0.05) is 18.6 Å². The highest BCUT2D eigenvalue weighted by Crippen LogP contribution is 2.38. The molecule has 0 aliphatic heterocycles. The van der Waals surface area contributed by atoms with E-state index in [1.807, 2.05) is 0 Å². The van der Waals surface area contributed by atoms with Crippen LogP contribution in [0, 0.1) is 13.8 Å². The number of nitrogens with zero attached hydrogens (tertiary/aromatic N) is 1. The Kier molecular flexibility index (Phi) is 4.26. The zero-order valence-corrected chi connectivity index (χ0v) is 12.8. The van der Waals surface area contributed by atoms with E-state index in [0.717, 1.165) is 10.5 Å². The first kappa shape index (κ1) is 14.8. The quantitative estimate of drug-likeness (QED) is 0.689. The Hall–Kier alpha value is -1.65. The lowest BCUT2D eigenvalue weighted by molar-refractivity contribution is -0.912. The van der Waals surface area contributed by atoms with Gasteiger partial charge in [-0.05, 0) is 24.3 Å². The number of methoxy groups -OCH3 is 1. The normalized spacial score (nSPS) is 10.4. The van der Waals surface area contributed by atoms with Crippen LogP contribution >= 0.6 is 23.2 Å². The van der Waals surface area contributed by atoms with E-state index in [1.54, 1.807) is 45.2 Å². The van der Waals surface area contributed by atoms with Crippen molar-refractivity contribution in [1.29, 1.82) is 0 Å². The van der Waals surface area contributed by atoms with E-state index >= 15 is 0 Å². The van der Waals surface area contributed by atoms with Gasteiger partial charge >= 0.3 is 0 Å². The summed E-state index contributed by atoms with van der Waals surface area (Å²) in [5.74, 6) is 1.62. The van der Waals surface area contributed by atoms with Crippen LogP contribution in [0.5, 0.6) is 17.2 Å². The molecule has 0 fully saturated rings. The second-order valence-electron chi connectivity index (χ2n) is 4.22. The van der Waals surface area contributed by atoms with E-state index in [2.05, 4.69) is 0 Å². The molecule has 106 valence electrons. The Morgan fingerprint density at radius 3 is 1.85 bits per heavy atom. The largest absolute Gasteiger partial charge is 0.497 e. The van der Waals surface area contributed by atoms with Crippen LogP contribution in [-0.4, -0.2) is 12.3 Å². The summed E-state index contributed by atoms with van der Waals surface area (Å²) in [6.45, 7) is 3.35. The van der Waals surface area contributed by atoms with E-state index < -0.39 is 0 Å². The monoisotopic (exact) mass is 314 g/mol. The number of aromatic nitrogens is 1. The van der Waals surface area contributed by atoms with Crippen molar-refractivity contribution in [1.82, 2.24) is 0 Å². The molecule has 2 rings (SSSR count). The third kappa shape index (κ3) is 2.62. The SMILES string of the molecule is COc1ccc(Oc2c(Cl)c(C)[n+](O)c(C)c2Cl)cc1. The van der Waals surface area contributed by atoms with Gasteiger partial charge in [-0.25, -0.2) is 0 Å². The van der Waals surface area contributed by atoms with Crippen LogP contribution in [0.25, 0.3) is 0 Å². The molecule has 0 amide bonds. The summed E-state index contributed by atoms with van der Waals surface area (Å²) in [6.07, 6.45) is 0. The lowest BCUT2D eigenvalue weighted by Gasteiger charge is -2.11. The van der Waals surface area contributed by atoms with Gasteiger partial charge in [0.1, 0.15) is 11.5 Å². The maximum Gasteiger partial charge on any atom is 0.253 e. The molecule has 0 aliphatic carbocycles. The van der Waals surface area contributed by atoms with Crippen LogP contribution in [0.1, 0.15) is 11.4 Å². The molecule has 0 aliphatic rings. The highest BCUT2D eigenvalue weighted by Gasteiger charge is 2.26. The summed E-state index contributed by atoms with van der Waals surface area (Å²) >= 11 is 12.3. The highest BCUT2D eigenvalue weighted by molar-refractivity contribution is 6.37. The first-order chi connectivity index (χ1) is 9.45. The summed E-state index contributed by atoms with van der Waals surface area (Å²) in [7, 11) is 1.59. The maximum absolute atomic E-state index is 9.80. The second-order valence-corrected chi connectivity index (χ2v) is 4.97. The molecule has 6 heteroatoms. The Labute approximate surface area is 127 Å². The standard InChI is InChI=1S/C14H14Cl2NO3/c1-8-12(15)14(13(16)9(2)17(8)18)20-11-6-4-10(19-3)5-7-11/h4-7,18H,1-3H3/q+1. The van der Waals surface area contributed by atoms with E-state index in [4.69, 9.17) is 32.7 Å². The fraction of sp³-hybridized carbons (Fsp3) is 0.214. The van der Waals surface area contributed by atoms with Gasteiger partial charge < -0.3 is 9.47 Å². The van der Waals surface area contributed by atoms with Gasteiger partial charge in [-0.15, -0.1) is 0 Å². The molecule has 2 aromatic rings. The van der Waals surface area contributed by atoms with Crippen molar-refractivity contribution in [2.75, 3.05) is 7.11 Å². The summed E-state index contributed by atoms with van der Waals surface area (Å²) in [6, 6.07) is 7.03. The maximum atomic E-state index is 9.80. The van der Waals surface area contributed by atoms with Crippen LogP contribution in [0.3, 0.4) is 0 Å². The predicted octanol–water partition coefficient (Wildman–Crippen LogP) is 3.94. The molecular weight excluding hydrogens is 301 g/mol. The van der Waals surface area contributed by atoms with Crippen molar-refractivity contribution in [3.63, 3.8) is 0 Å². The smallest absolute Gasteiger partial charge is 0.253 e. The summed E-state index contributed by atoms with van der Waals surface area (Å²) in [4.78, 5) is 0. The number of hydrogen-bond donors (Lipinski definition) is 1. The Balaban J connectivity index is 2.42. The number of benzene rings is 1. The number of halogens is 2. The van der Waals surface area contributed by atoms with Crippen molar-refractivity contribution in [3.05, 3.63) is 45.7 Å². The van der Waals surface area contributed by atoms with Gasteiger partial charge in [-0.2, -0.15) is 0 Å². The first-order valence-corrected chi connectivity index (χ1v) is 6.62. The van der Waals surface area contributed by atoms with Crippen molar-refractivity contribution in [3.8, 4) is 17.2 Å². The van der Waals surface area contributed by atoms with Gasteiger partial charge in [0.05, 0.1) is 7.11 Å². The fourth-order valence-corrected chi connectivity index (χ4v) is 2.19. The van der Waals surface area contributed by atoms with Gasteiger partial charge in [-0.3, -0.25) is 5.21 Å². The van der Waals surface area contributed by atoms with Crippen LogP contribution < -0.4 is 14.2 Å².